The summed E-state index contributed by atoms with van der Waals surface area (Å²) in [5.41, 5.74) is 2.52. The lowest BCUT2D eigenvalue weighted by atomic mass is 10.0. The minimum absolute atomic E-state index is 0.301. The number of furan rings is 1. The Morgan fingerprint density at radius 1 is 1.50 bits per heavy atom. The second kappa shape index (κ2) is 2.39. The number of aromatic nitrogens is 2. The van der Waals surface area contributed by atoms with Gasteiger partial charge < -0.3 is 9.15 Å². The van der Waals surface area contributed by atoms with E-state index >= 15 is 0 Å². The molecule has 0 bridgehead atoms. The molecule has 74 valence electrons. The molecule has 0 radical (unpaired) electrons. The van der Waals surface area contributed by atoms with E-state index in [1.54, 1.807) is 6.26 Å². The Kier molecular flexibility index (Phi) is 1.37. The largest absolute Gasteiger partial charge is 0.461 e. The summed E-state index contributed by atoms with van der Waals surface area (Å²) in [5.74, 6) is 0. The van der Waals surface area contributed by atoms with Gasteiger partial charge in [-0.15, -0.1) is 0 Å². The van der Waals surface area contributed by atoms with Gasteiger partial charge in [0.25, 0.3) is 0 Å². The van der Waals surface area contributed by atoms with Crippen LogP contribution in [-0.2, 0) is 16.9 Å². The molecular weight excluding hydrogens is 180 g/mol. The molecule has 0 unspecified atom stereocenters. The van der Waals surface area contributed by atoms with Crippen LogP contribution in [-0.4, -0.2) is 16.4 Å². The lowest BCUT2D eigenvalue weighted by molar-refractivity contribution is -0.0527. The maximum Gasteiger partial charge on any atom is 0.178 e. The van der Waals surface area contributed by atoms with Crippen molar-refractivity contribution in [3.63, 3.8) is 0 Å². The fourth-order valence-electron chi connectivity index (χ4n) is 2.06. The van der Waals surface area contributed by atoms with Gasteiger partial charge in [-0.05, 0) is 13.8 Å². The molecule has 3 rings (SSSR count). The molecule has 0 spiro atoms. The first-order valence-electron chi connectivity index (χ1n) is 4.77. The summed E-state index contributed by atoms with van der Waals surface area (Å²) in [5, 5.41) is 4.45. The van der Waals surface area contributed by atoms with Gasteiger partial charge in [-0.2, -0.15) is 5.10 Å². The van der Waals surface area contributed by atoms with Crippen molar-refractivity contribution in [2.24, 2.45) is 0 Å². The Morgan fingerprint density at radius 3 is 3.21 bits per heavy atom. The second-order valence-corrected chi connectivity index (χ2v) is 4.07. The minimum atomic E-state index is -0.301. The molecule has 0 fully saturated rings. The Bertz CT molecular complexity index is 481. The summed E-state index contributed by atoms with van der Waals surface area (Å²) in [7, 11) is 0. The third kappa shape index (κ3) is 0.889. The molecule has 0 aliphatic carbocycles. The molecule has 14 heavy (non-hydrogen) atoms. The van der Waals surface area contributed by atoms with Crippen molar-refractivity contribution in [2.75, 3.05) is 6.61 Å². The van der Waals surface area contributed by atoms with Crippen molar-refractivity contribution in [3.8, 4) is 0 Å². The Morgan fingerprint density at radius 2 is 2.36 bits per heavy atom. The van der Waals surface area contributed by atoms with Gasteiger partial charge in [0, 0.05) is 6.07 Å². The smallest absolute Gasteiger partial charge is 0.178 e. The van der Waals surface area contributed by atoms with Crippen molar-refractivity contribution in [2.45, 2.75) is 26.0 Å². The number of hydrogen-bond acceptors (Lipinski definition) is 3. The zero-order valence-electron chi connectivity index (χ0n) is 8.28. The van der Waals surface area contributed by atoms with E-state index < -0.39 is 0 Å². The summed E-state index contributed by atoms with van der Waals surface area (Å²) in [6.07, 6.45) is 1.67. The van der Waals surface area contributed by atoms with Gasteiger partial charge in [0.15, 0.2) is 5.58 Å². The predicted octanol–water partition coefficient (Wildman–Crippen LogP) is 1.89. The van der Waals surface area contributed by atoms with E-state index in [1.165, 1.54) is 0 Å². The molecule has 1 aliphatic heterocycles. The van der Waals surface area contributed by atoms with E-state index in [0.29, 0.717) is 6.61 Å². The van der Waals surface area contributed by atoms with Crippen LogP contribution in [0.5, 0.6) is 0 Å². The monoisotopic (exact) mass is 192 g/mol. The Labute approximate surface area is 81.4 Å². The van der Waals surface area contributed by atoms with E-state index in [-0.39, 0.29) is 5.60 Å². The summed E-state index contributed by atoms with van der Waals surface area (Å²) in [4.78, 5) is 0. The lowest BCUT2D eigenvalue weighted by Crippen LogP contribution is -2.33. The molecule has 0 atom stereocenters. The zero-order valence-corrected chi connectivity index (χ0v) is 8.28. The average Bonchev–Trinajstić information content (AvgIpc) is 2.60. The lowest BCUT2D eigenvalue weighted by Gasteiger charge is -2.30. The van der Waals surface area contributed by atoms with Crippen LogP contribution in [0, 0.1) is 0 Å². The molecule has 0 aromatic carbocycles. The molecule has 1 aliphatic rings. The van der Waals surface area contributed by atoms with Crippen molar-refractivity contribution in [3.05, 3.63) is 18.0 Å². The van der Waals surface area contributed by atoms with Gasteiger partial charge in [-0.25, -0.2) is 0 Å². The van der Waals surface area contributed by atoms with E-state index in [4.69, 9.17) is 9.15 Å². The fourth-order valence-corrected chi connectivity index (χ4v) is 2.06. The zero-order chi connectivity index (χ0) is 9.76. The molecule has 0 amide bonds. The SMILES string of the molecule is CC1(C)OCCn2nc3ccoc3c21. The predicted molar refractivity (Wildman–Crippen MR) is 51.0 cm³/mol. The maximum absolute atomic E-state index is 5.71. The van der Waals surface area contributed by atoms with Gasteiger partial charge in [0.05, 0.1) is 19.4 Å². The normalized spacial score (nSPS) is 19.9. The van der Waals surface area contributed by atoms with Gasteiger partial charge in [-0.3, -0.25) is 4.68 Å². The first-order valence-corrected chi connectivity index (χ1v) is 4.77. The third-order valence-corrected chi connectivity index (χ3v) is 2.68. The molecule has 2 aromatic heterocycles. The summed E-state index contributed by atoms with van der Waals surface area (Å²) >= 11 is 0. The van der Waals surface area contributed by atoms with Crippen LogP contribution >= 0.6 is 0 Å². The van der Waals surface area contributed by atoms with Crippen LogP contribution in [0.3, 0.4) is 0 Å². The standard InChI is InChI=1S/C10H12N2O2/c1-10(2)9-8-7(3-5-13-8)11-12(9)4-6-14-10/h3,5H,4,6H2,1-2H3. The average molecular weight is 192 g/mol. The highest BCUT2D eigenvalue weighted by atomic mass is 16.5. The van der Waals surface area contributed by atoms with Gasteiger partial charge >= 0.3 is 0 Å². The number of hydrogen-bond donors (Lipinski definition) is 0. The summed E-state index contributed by atoms with van der Waals surface area (Å²) < 4.78 is 13.1. The van der Waals surface area contributed by atoms with Crippen LogP contribution in [0.4, 0.5) is 0 Å². The number of fused-ring (bicyclic) bond motifs is 3. The molecule has 0 N–H and O–H groups in total. The van der Waals surface area contributed by atoms with Crippen LogP contribution in [0.25, 0.3) is 11.1 Å². The highest BCUT2D eigenvalue weighted by molar-refractivity contribution is 5.76. The van der Waals surface area contributed by atoms with E-state index in [9.17, 15) is 0 Å². The first-order chi connectivity index (χ1) is 6.68. The van der Waals surface area contributed by atoms with Crippen LogP contribution in [0.2, 0.25) is 0 Å². The molecular formula is C10H12N2O2. The quantitative estimate of drug-likeness (QED) is 0.640. The molecule has 3 heterocycles. The molecule has 2 aromatic rings. The Hall–Kier alpha value is -1.29. The van der Waals surface area contributed by atoms with E-state index in [0.717, 1.165) is 23.3 Å². The van der Waals surface area contributed by atoms with Crippen LogP contribution in [0.15, 0.2) is 16.7 Å². The highest BCUT2D eigenvalue weighted by Gasteiger charge is 2.33. The van der Waals surface area contributed by atoms with Crippen LogP contribution < -0.4 is 0 Å². The molecule has 0 saturated carbocycles. The van der Waals surface area contributed by atoms with Crippen LogP contribution in [0.1, 0.15) is 19.5 Å². The minimum Gasteiger partial charge on any atom is -0.461 e. The molecule has 0 saturated heterocycles. The van der Waals surface area contributed by atoms with E-state index in [1.807, 2.05) is 24.6 Å². The maximum atomic E-state index is 5.71. The number of ether oxygens (including phenoxy) is 1. The Balaban J connectivity index is 2.36. The van der Waals surface area contributed by atoms with Crippen molar-refractivity contribution in [1.82, 2.24) is 9.78 Å². The fraction of sp³-hybridized carbons (Fsp3) is 0.500. The van der Waals surface area contributed by atoms with Gasteiger partial charge in [0.2, 0.25) is 0 Å². The number of rotatable bonds is 0. The first kappa shape index (κ1) is 8.05. The molecule has 4 heteroatoms. The summed E-state index contributed by atoms with van der Waals surface area (Å²) in [6, 6.07) is 1.89. The second-order valence-electron chi connectivity index (χ2n) is 4.07. The van der Waals surface area contributed by atoms with Crippen molar-refractivity contribution >= 4 is 11.1 Å². The third-order valence-electron chi connectivity index (χ3n) is 2.68. The van der Waals surface area contributed by atoms with Gasteiger partial charge in [-0.1, -0.05) is 0 Å². The van der Waals surface area contributed by atoms with E-state index in [2.05, 4.69) is 5.10 Å². The number of nitrogens with zero attached hydrogens (tertiary/aromatic N) is 2. The topological polar surface area (TPSA) is 40.2 Å². The highest BCUT2D eigenvalue weighted by Crippen LogP contribution is 2.34. The van der Waals surface area contributed by atoms with Crippen molar-refractivity contribution < 1.29 is 9.15 Å². The molecule has 4 nitrogen and oxygen atoms in total. The summed E-state index contributed by atoms with van der Waals surface area (Å²) in [6.45, 7) is 5.61. The van der Waals surface area contributed by atoms with Crippen molar-refractivity contribution in [1.29, 1.82) is 0 Å². The van der Waals surface area contributed by atoms with Gasteiger partial charge in [0.1, 0.15) is 16.8 Å².